The van der Waals surface area contributed by atoms with Crippen LogP contribution in [0.25, 0.3) is 0 Å². The van der Waals surface area contributed by atoms with Crippen LogP contribution in [0, 0.1) is 11.3 Å². The zero-order valence-electron chi connectivity index (χ0n) is 19.3. The van der Waals surface area contributed by atoms with Crippen LogP contribution in [0.4, 0.5) is 10.7 Å². The second-order valence-electron chi connectivity index (χ2n) is 7.97. The molecule has 0 saturated heterocycles. The zero-order chi connectivity index (χ0) is 24.9. The number of nitrogens with one attached hydrogen (secondary N) is 2. The lowest BCUT2D eigenvalue weighted by atomic mass is 10.0. The van der Waals surface area contributed by atoms with Gasteiger partial charge in [0.1, 0.15) is 11.1 Å². The highest BCUT2D eigenvalue weighted by molar-refractivity contribution is 8.00. The highest BCUT2D eigenvalue weighted by atomic mass is 32.2. The highest BCUT2D eigenvalue weighted by Crippen LogP contribution is 2.37. The van der Waals surface area contributed by atoms with Crippen molar-refractivity contribution in [2.24, 2.45) is 0 Å². The summed E-state index contributed by atoms with van der Waals surface area (Å²) in [6, 6.07) is 12.7. The van der Waals surface area contributed by atoms with Gasteiger partial charge in [-0.05, 0) is 48.7 Å². The van der Waals surface area contributed by atoms with E-state index in [1.54, 1.807) is 23.1 Å². The second kappa shape index (κ2) is 10.8. The van der Waals surface area contributed by atoms with Crippen molar-refractivity contribution in [3.8, 4) is 6.07 Å². The summed E-state index contributed by atoms with van der Waals surface area (Å²) < 4.78 is 5.12. The number of anilines is 2. The second-order valence-corrected chi connectivity index (χ2v) is 10.4. The molecule has 1 atom stereocenters. The number of nitrogens with zero attached hydrogens (tertiary/aromatic N) is 2. The normalized spacial score (nSPS) is 13.5. The molecule has 35 heavy (non-hydrogen) atoms. The number of hydrogen-bond acceptors (Lipinski definition) is 7. The molecular weight excluding hydrogens is 484 g/mol. The minimum atomic E-state index is -0.398. The van der Waals surface area contributed by atoms with Gasteiger partial charge in [-0.2, -0.15) is 5.26 Å². The van der Waals surface area contributed by atoms with Crippen molar-refractivity contribution in [1.82, 2.24) is 4.90 Å². The molecule has 1 aliphatic heterocycles. The molecule has 0 aliphatic carbocycles. The lowest BCUT2D eigenvalue weighted by molar-refractivity contribution is -0.129. The smallest absolute Gasteiger partial charge is 0.291 e. The van der Waals surface area contributed by atoms with Crippen molar-refractivity contribution in [2.75, 3.05) is 17.2 Å². The quantitative estimate of drug-likeness (QED) is 0.440. The Bertz CT molecular complexity index is 1290. The van der Waals surface area contributed by atoms with Gasteiger partial charge < -0.3 is 20.0 Å². The maximum atomic E-state index is 13.1. The first-order valence-electron chi connectivity index (χ1n) is 11.1. The number of rotatable bonds is 7. The van der Waals surface area contributed by atoms with E-state index in [4.69, 9.17) is 4.42 Å². The summed E-state index contributed by atoms with van der Waals surface area (Å²) in [6.45, 7) is 4.49. The summed E-state index contributed by atoms with van der Waals surface area (Å²) in [5.41, 5.74) is 2.01. The lowest BCUT2D eigenvalue weighted by Gasteiger charge is -2.25. The van der Waals surface area contributed by atoms with Gasteiger partial charge in [0.25, 0.3) is 5.91 Å². The number of nitriles is 1. The maximum absolute atomic E-state index is 13.1. The van der Waals surface area contributed by atoms with E-state index in [1.165, 1.54) is 36.3 Å². The van der Waals surface area contributed by atoms with Crippen molar-refractivity contribution in [3.63, 3.8) is 0 Å². The lowest BCUT2D eigenvalue weighted by Crippen LogP contribution is -2.33. The average molecular weight is 509 g/mol. The molecule has 3 heterocycles. The molecule has 3 amide bonds. The highest BCUT2D eigenvalue weighted by Gasteiger charge is 2.27. The van der Waals surface area contributed by atoms with Crippen molar-refractivity contribution in [2.45, 2.75) is 43.4 Å². The summed E-state index contributed by atoms with van der Waals surface area (Å²) in [5, 5.41) is 15.6. The molecule has 8 nitrogen and oxygen atoms in total. The van der Waals surface area contributed by atoms with Crippen LogP contribution < -0.4 is 10.6 Å². The standard InChI is InChI=1S/C25H24N4O4S2/c1-3-21(34-17-7-4-6-16(12-17)27-23(31)20-8-5-11-33-20)24(32)28-25-19(13-26)18-9-10-29(15(2)30)14-22(18)35-25/h4-8,11-12,21H,3,9-10,14H2,1-2H3,(H,27,31)(H,28,32). The van der Waals surface area contributed by atoms with Crippen LogP contribution in [0.3, 0.4) is 0 Å². The number of carbonyl (C=O) groups is 3. The minimum Gasteiger partial charge on any atom is -0.459 e. The molecule has 0 radical (unpaired) electrons. The number of thiophene rings is 1. The first-order chi connectivity index (χ1) is 16.9. The van der Waals surface area contributed by atoms with Gasteiger partial charge in [0.15, 0.2) is 5.76 Å². The molecule has 0 spiro atoms. The zero-order valence-corrected chi connectivity index (χ0v) is 20.9. The fourth-order valence-electron chi connectivity index (χ4n) is 3.81. The molecule has 180 valence electrons. The average Bonchev–Trinajstić information content (AvgIpc) is 3.50. The van der Waals surface area contributed by atoms with Crippen molar-refractivity contribution in [1.29, 1.82) is 5.26 Å². The first kappa shape index (κ1) is 24.6. The first-order valence-corrected chi connectivity index (χ1v) is 12.8. The predicted molar refractivity (Wildman–Crippen MR) is 135 cm³/mol. The summed E-state index contributed by atoms with van der Waals surface area (Å²) >= 11 is 2.75. The van der Waals surface area contributed by atoms with E-state index in [0.717, 1.165) is 15.3 Å². The number of benzene rings is 1. The monoisotopic (exact) mass is 508 g/mol. The van der Waals surface area contributed by atoms with E-state index in [2.05, 4.69) is 16.7 Å². The van der Waals surface area contributed by atoms with Crippen LogP contribution in [-0.2, 0) is 22.6 Å². The van der Waals surface area contributed by atoms with Crippen molar-refractivity contribution >= 4 is 51.5 Å². The van der Waals surface area contributed by atoms with Gasteiger partial charge in [-0.15, -0.1) is 23.1 Å². The van der Waals surface area contributed by atoms with Crippen LogP contribution in [0.5, 0.6) is 0 Å². The predicted octanol–water partition coefficient (Wildman–Crippen LogP) is 4.88. The molecule has 1 aliphatic rings. The topological polar surface area (TPSA) is 115 Å². The summed E-state index contributed by atoms with van der Waals surface area (Å²) in [7, 11) is 0. The van der Waals surface area contributed by atoms with E-state index in [0.29, 0.717) is 42.2 Å². The van der Waals surface area contributed by atoms with E-state index in [9.17, 15) is 19.6 Å². The number of fused-ring (bicyclic) bond motifs is 1. The third kappa shape index (κ3) is 5.58. The molecular formula is C25H24N4O4S2. The van der Waals surface area contributed by atoms with Crippen LogP contribution >= 0.6 is 23.1 Å². The fourth-order valence-corrected chi connectivity index (χ4v) is 6.04. The third-order valence-electron chi connectivity index (χ3n) is 5.63. The number of amides is 3. The van der Waals surface area contributed by atoms with E-state index in [-0.39, 0.29) is 23.5 Å². The Morgan fingerprint density at radius 1 is 1.26 bits per heavy atom. The molecule has 2 N–H and O–H groups in total. The Balaban J connectivity index is 1.45. The Hall–Kier alpha value is -3.55. The van der Waals surface area contributed by atoms with E-state index >= 15 is 0 Å². The SMILES string of the molecule is CCC(Sc1cccc(NC(=O)c2ccco2)c1)C(=O)Nc1sc2c(c1C#N)CCN(C(C)=O)C2. The van der Waals surface area contributed by atoms with Gasteiger partial charge in [0, 0.05) is 28.9 Å². The number of furan rings is 1. The Morgan fingerprint density at radius 2 is 2.09 bits per heavy atom. The van der Waals surface area contributed by atoms with Gasteiger partial charge in [-0.3, -0.25) is 14.4 Å². The number of thioether (sulfide) groups is 1. The van der Waals surface area contributed by atoms with Gasteiger partial charge in [0.05, 0.1) is 23.6 Å². The van der Waals surface area contributed by atoms with Gasteiger partial charge in [0.2, 0.25) is 11.8 Å². The van der Waals surface area contributed by atoms with E-state index in [1.807, 2.05) is 25.1 Å². The molecule has 10 heteroatoms. The largest absolute Gasteiger partial charge is 0.459 e. The number of carbonyl (C=O) groups excluding carboxylic acids is 3. The Kier molecular flexibility index (Phi) is 7.58. The van der Waals surface area contributed by atoms with Crippen LogP contribution in [-0.4, -0.2) is 34.4 Å². The van der Waals surface area contributed by atoms with Crippen LogP contribution in [0.15, 0.2) is 52.0 Å². The van der Waals surface area contributed by atoms with Crippen LogP contribution in [0.2, 0.25) is 0 Å². The summed E-state index contributed by atoms with van der Waals surface area (Å²) in [6.07, 6.45) is 2.62. The number of hydrogen-bond donors (Lipinski definition) is 2. The molecule has 1 aromatic carbocycles. The molecule has 2 aromatic heterocycles. The van der Waals surface area contributed by atoms with Crippen LogP contribution in [0.1, 0.15) is 46.8 Å². The molecule has 3 aromatic rings. The maximum Gasteiger partial charge on any atom is 0.291 e. The summed E-state index contributed by atoms with van der Waals surface area (Å²) in [4.78, 5) is 40.7. The summed E-state index contributed by atoms with van der Waals surface area (Å²) in [5.74, 6) is -0.331. The molecule has 0 bridgehead atoms. The van der Waals surface area contributed by atoms with Gasteiger partial charge in [-0.1, -0.05) is 13.0 Å². The third-order valence-corrected chi connectivity index (χ3v) is 8.12. The minimum absolute atomic E-state index is 0.00169. The van der Waals surface area contributed by atoms with Crippen molar-refractivity contribution < 1.29 is 18.8 Å². The Morgan fingerprint density at radius 3 is 2.77 bits per heavy atom. The fraction of sp³-hybridized carbons (Fsp3) is 0.280. The molecule has 0 saturated carbocycles. The molecule has 1 unspecified atom stereocenters. The van der Waals surface area contributed by atoms with Crippen molar-refractivity contribution in [3.05, 3.63) is 64.4 Å². The molecule has 4 rings (SSSR count). The molecule has 0 fully saturated rings. The van der Waals surface area contributed by atoms with Gasteiger partial charge >= 0.3 is 0 Å². The van der Waals surface area contributed by atoms with Gasteiger partial charge in [-0.25, -0.2) is 0 Å². The Labute approximate surface area is 211 Å². The van der Waals surface area contributed by atoms with E-state index < -0.39 is 5.25 Å².